The van der Waals surface area contributed by atoms with E-state index in [0.717, 1.165) is 49.1 Å². The fraction of sp³-hybridized carbons (Fsp3) is 0.375. The lowest BCUT2D eigenvalue weighted by molar-refractivity contribution is -0.132. The Labute approximate surface area is 180 Å². The number of likely N-dealkylation sites (tertiary alicyclic amines) is 1. The molecule has 2 amide bonds. The maximum absolute atomic E-state index is 12.8. The first-order chi connectivity index (χ1) is 14.7. The summed E-state index contributed by atoms with van der Waals surface area (Å²) < 4.78 is 1.23. The van der Waals surface area contributed by atoms with Crippen LogP contribution in [0.4, 0.5) is 5.69 Å². The number of hydrogen-bond donors (Lipinski definition) is 1. The van der Waals surface area contributed by atoms with Gasteiger partial charge in [-0.25, -0.2) is 4.98 Å². The van der Waals surface area contributed by atoms with Crippen LogP contribution in [0.25, 0.3) is 10.2 Å². The first-order valence-electron chi connectivity index (χ1n) is 10.7. The van der Waals surface area contributed by atoms with Crippen molar-refractivity contribution in [3.05, 3.63) is 59.1 Å². The number of thiazole rings is 1. The van der Waals surface area contributed by atoms with Gasteiger partial charge in [0, 0.05) is 37.0 Å². The van der Waals surface area contributed by atoms with Gasteiger partial charge in [0.1, 0.15) is 0 Å². The first-order valence-corrected chi connectivity index (χ1v) is 11.5. The van der Waals surface area contributed by atoms with E-state index in [2.05, 4.69) is 29.6 Å². The van der Waals surface area contributed by atoms with Crippen LogP contribution in [0.1, 0.15) is 42.2 Å². The number of rotatable bonds is 4. The van der Waals surface area contributed by atoms with Crippen LogP contribution >= 0.6 is 11.3 Å². The highest BCUT2D eigenvalue weighted by Gasteiger charge is 2.29. The zero-order valence-corrected chi connectivity index (χ0v) is 17.7. The zero-order valence-electron chi connectivity index (χ0n) is 16.8. The standard InChI is InChI=1S/C24H25N3O2S/c28-22(10-9-18-15-17-5-1-2-6-19(17)25-23(18)29)27-13-11-16(12-14-27)24-26-20-7-3-4-8-21(20)30-24/h1-8,16,18H,9-15H2,(H,25,29)/t18-/m0/s1. The molecule has 2 aliphatic rings. The molecule has 0 spiro atoms. The third-order valence-electron chi connectivity index (χ3n) is 6.33. The maximum Gasteiger partial charge on any atom is 0.227 e. The van der Waals surface area contributed by atoms with Crippen molar-refractivity contribution in [3.8, 4) is 0 Å². The number of anilines is 1. The zero-order chi connectivity index (χ0) is 20.5. The predicted molar refractivity (Wildman–Crippen MR) is 120 cm³/mol. The normalized spacial score (nSPS) is 19.5. The van der Waals surface area contributed by atoms with Gasteiger partial charge in [0.05, 0.1) is 15.2 Å². The van der Waals surface area contributed by atoms with Crippen molar-refractivity contribution in [2.75, 3.05) is 18.4 Å². The molecule has 2 aromatic carbocycles. The van der Waals surface area contributed by atoms with Crippen LogP contribution in [0.2, 0.25) is 0 Å². The average molecular weight is 420 g/mol. The van der Waals surface area contributed by atoms with Crippen LogP contribution in [0, 0.1) is 5.92 Å². The van der Waals surface area contributed by atoms with Crippen molar-refractivity contribution in [2.24, 2.45) is 5.92 Å². The number of aromatic nitrogens is 1. The quantitative estimate of drug-likeness (QED) is 0.673. The van der Waals surface area contributed by atoms with E-state index in [-0.39, 0.29) is 17.7 Å². The number of benzene rings is 2. The van der Waals surface area contributed by atoms with Gasteiger partial charge in [-0.2, -0.15) is 0 Å². The molecule has 0 saturated carbocycles. The Bertz CT molecular complexity index is 1050. The third-order valence-corrected chi connectivity index (χ3v) is 7.53. The van der Waals surface area contributed by atoms with E-state index in [4.69, 9.17) is 4.98 Å². The molecule has 1 fully saturated rings. The second-order valence-corrected chi connectivity index (χ2v) is 9.32. The van der Waals surface area contributed by atoms with E-state index in [9.17, 15) is 9.59 Å². The molecule has 2 aliphatic heterocycles. The number of hydrogen-bond acceptors (Lipinski definition) is 4. The minimum absolute atomic E-state index is 0.0380. The van der Waals surface area contributed by atoms with E-state index in [1.54, 1.807) is 11.3 Å². The number of fused-ring (bicyclic) bond motifs is 2. The summed E-state index contributed by atoms with van der Waals surface area (Å²) in [5.74, 6) is 0.525. The fourth-order valence-electron chi connectivity index (χ4n) is 4.54. The van der Waals surface area contributed by atoms with Crippen molar-refractivity contribution in [3.63, 3.8) is 0 Å². The highest BCUT2D eigenvalue weighted by atomic mass is 32.1. The molecule has 5 nitrogen and oxygen atoms in total. The predicted octanol–water partition coefficient (Wildman–Crippen LogP) is 4.59. The van der Waals surface area contributed by atoms with Gasteiger partial charge >= 0.3 is 0 Å². The van der Waals surface area contributed by atoms with Crippen molar-refractivity contribution in [1.29, 1.82) is 0 Å². The topological polar surface area (TPSA) is 62.3 Å². The van der Waals surface area contributed by atoms with Gasteiger partial charge in [-0.1, -0.05) is 30.3 Å². The lowest BCUT2D eigenvalue weighted by Gasteiger charge is -2.32. The molecule has 6 heteroatoms. The minimum atomic E-state index is -0.121. The molecule has 5 rings (SSSR count). The molecule has 3 heterocycles. The molecule has 0 aliphatic carbocycles. The van der Waals surface area contributed by atoms with Gasteiger partial charge in [-0.05, 0) is 49.4 Å². The second-order valence-electron chi connectivity index (χ2n) is 8.26. The van der Waals surface area contributed by atoms with E-state index in [1.165, 1.54) is 9.71 Å². The molecule has 154 valence electrons. The number of amides is 2. The Morgan fingerprint density at radius 1 is 1.10 bits per heavy atom. The lowest BCUT2D eigenvalue weighted by atomic mass is 9.89. The van der Waals surface area contributed by atoms with Crippen molar-refractivity contribution in [1.82, 2.24) is 9.88 Å². The molecule has 30 heavy (non-hydrogen) atoms. The highest BCUT2D eigenvalue weighted by molar-refractivity contribution is 7.18. The van der Waals surface area contributed by atoms with Crippen LogP contribution < -0.4 is 5.32 Å². The Morgan fingerprint density at radius 3 is 2.70 bits per heavy atom. The summed E-state index contributed by atoms with van der Waals surface area (Å²) in [5, 5.41) is 4.17. The lowest BCUT2D eigenvalue weighted by Crippen LogP contribution is -2.38. The summed E-state index contributed by atoms with van der Waals surface area (Å²) in [6.45, 7) is 1.55. The van der Waals surface area contributed by atoms with E-state index in [1.807, 2.05) is 29.2 Å². The van der Waals surface area contributed by atoms with Crippen molar-refractivity contribution < 1.29 is 9.59 Å². The summed E-state index contributed by atoms with van der Waals surface area (Å²) >= 11 is 1.78. The summed E-state index contributed by atoms with van der Waals surface area (Å²) in [5.41, 5.74) is 3.14. The van der Waals surface area contributed by atoms with Crippen LogP contribution in [-0.4, -0.2) is 34.8 Å². The van der Waals surface area contributed by atoms with Gasteiger partial charge in [-0.15, -0.1) is 11.3 Å². The summed E-state index contributed by atoms with van der Waals surface area (Å²) in [4.78, 5) is 31.9. The average Bonchev–Trinajstić information content (AvgIpc) is 3.22. The van der Waals surface area contributed by atoms with E-state index < -0.39 is 0 Å². The van der Waals surface area contributed by atoms with E-state index in [0.29, 0.717) is 18.8 Å². The largest absolute Gasteiger partial charge is 0.343 e. The number of nitrogens with zero attached hydrogens (tertiary/aromatic N) is 2. The van der Waals surface area contributed by atoms with Crippen LogP contribution in [0.15, 0.2) is 48.5 Å². The number of nitrogens with one attached hydrogen (secondary N) is 1. The third kappa shape index (κ3) is 3.84. The van der Waals surface area contributed by atoms with Gasteiger partial charge in [0.25, 0.3) is 0 Å². The van der Waals surface area contributed by atoms with Crippen molar-refractivity contribution >= 4 is 39.1 Å². The van der Waals surface area contributed by atoms with Crippen LogP contribution in [0.3, 0.4) is 0 Å². The SMILES string of the molecule is O=C1Nc2ccccc2C[C@@H]1CCC(=O)N1CCC(c2nc3ccccc3s2)CC1. The molecule has 0 radical (unpaired) electrons. The smallest absolute Gasteiger partial charge is 0.227 e. The fourth-order valence-corrected chi connectivity index (χ4v) is 5.68. The molecular weight excluding hydrogens is 394 g/mol. The van der Waals surface area contributed by atoms with Gasteiger partial charge in [-0.3, -0.25) is 9.59 Å². The molecule has 1 aromatic heterocycles. The minimum Gasteiger partial charge on any atom is -0.343 e. The summed E-state index contributed by atoms with van der Waals surface area (Å²) in [7, 11) is 0. The highest BCUT2D eigenvalue weighted by Crippen LogP contribution is 2.34. The second kappa shape index (κ2) is 8.19. The Morgan fingerprint density at radius 2 is 1.87 bits per heavy atom. The Balaban J connectivity index is 1.14. The van der Waals surface area contributed by atoms with Gasteiger partial charge < -0.3 is 10.2 Å². The summed E-state index contributed by atoms with van der Waals surface area (Å²) in [6, 6.07) is 16.2. The monoisotopic (exact) mass is 419 g/mol. The molecule has 0 unspecified atom stereocenters. The maximum atomic E-state index is 12.8. The molecule has 1 atom stereocenters. The van der Waals surface area contributed by atoms with Gasteiger partial charge in [0.2, 0.25) is 11.8 Å². The first kappa shape index (κ1) is 19.2. The van der Waals surface area contributed by atoms with Crippen molar-refractivity contribution in [2.45, 2.75) is 38.0 Å². The van der Waals surface area contributed by atoms with Crippen LogP contribution in [0.5, 0.6) is 0 Å². The van der Waals surface area contributed by atoms with Gasteiger partial charge in [0.15, 0.2) is 0 Å². The Kier molecular flexibility index (Phi) is 5.25. The number of carbonyl (C=O) groups excluding carboxylic acids is 2. The number of carbonyl (C=O) groups is 2. The number of piperidine rings is 1. The molecule has 1 N–H and O–H groups in total. The summed E-state index contributed by atoms with van der Waals surface area (Å²) in [6.07, 6.45) is 3.68. The molecule has 1 saturated heterocycles. The van der Waals surface area contributed by atoms with Crippen LogP contribution in [-0.2, 0) is 16.0 Å². The molecule has 0 bridgehead atoms. The molecule has 3 aromatic rings. The Hall–Kier alpha value is -2.73. The molecular formula is C24H25N3O2S. The number of para-hydroxylation sites is 2. The van der Waals surface area contributed by atoms with E-state index >= 15 is 0 Å².